The van der Waals surface area contributed by atoms with E-state index in [0.717, 1.165) is 31.4 Å². The van der Waals surface area contributed by atoms with Crippen LogP contribution in [0.1, 0.15) is 62.7 Å². The Labute approximate surface area is 148 Å². The molecule has 1 heterocycles. The van der Waals surface area contributed by atoms with Crippen molar-refractivity contribution in [2.45, 2.75) is 57.6 Å². The second kappa shape index (κ2) is 7.27. The molecule has 0 aliphatic heterocycles. The molecule has 0 unspecified atom stereocenters. The Balaban J connectivity index is 1.57. The standard InChI is InChI=1S/C19H22ClN3O/c1-13(2)23-10-9-19(22-23)14-3-6-16(7-4-14)24-17-8-5-15(12-21)18(20)11-17/h5,8-11,13-14,16H,3-4,6-7H2,1-2H3/p+1. The molecule has 1 aliphatic rings. The lowest BCUT2D eigenvalue weighted by molar-refractivity contribution is -0.768. The number of ether oxygens (including phenoxy) is 1. The van der Waals surface area contributed by atoms with Crippen LogP contribution in [0, 0.1) is 11.3 Å². The van der Waals surface area contributed by atoms with Gasteiger partial charge in [0, 0.05) is 18.1 Å². The quantitative estimate of drug-likeness (QED) is 0.829. The van der Waals surface area contributed by atoms with Gasteiger partial charge in [-0.15, -0.1) is 4.68 Å². The Morgan fingerprint density at radius 2 is 2.00 bits per heavy atom. The first-order valence-corrected chi connectivity index (χ1v) is 8.91. The maximum absolute atomic E-state index is 8.92. The molecule has 126 valence electrons. The number of aromatic nitrogens is 2. The summed E-state index contributed by atoms with van der Waals surface area (Å²) in [4.78, 5) is 0. The Hall–Kier alpha value is -1.99. The number of nitrogens with one attached hydrogen (secondary N) is 1. The molecule has 0 radical (unpaired) electrons. The molecule has 0 amide bonds. The molecule has 1 aromatic heterocycles. The summed E-state index contributed by atoms with van der Waals surface area (Å²) in [6, 6.07) is 10.0. The molecular weight excluding hydrogens is 322 g/mol. The molecule has 1 N–H and O–H groups in total. The van der Waals surface area contributed by atoms with E-state index in [4.69, 9.17) is 21.6 Å². The lowest BCUT2D eigenvalue weighted by atomic mass is 9.85. The van der Waals surface area contributed by atoms with Crippen LogP contribution in [0.2, 0.25) is 5.02 Å². The second-order valence-corrected chi connectivity index (χ2v) is 7.14. The molecule has 0 spiro atoms. The molecule has 0 atom stereocenters. The molecule has 4 nitrogen and oxygen atoms in total. The van der Waals surface area contributed by atoms with Crippen LogP contribution in [0.15, 0.2) is 30.5 Å². The predicted octanol–water partition coefficient (Wildman–Crippen LogP) is 4.51. The first-order valence-electron chi connectivity index (χ1n) is 8.53. The maximum Gasteiger partial charge on any atom is 0.195 e. The van der Waals surface area contributed by atoms with Gasteiger partial charge in [0.15, 0.2) is 12.2 Å². The van der Waals surface area contributed by atoms with E-state index in [-0.39, 0.29) is 6.10 Å². The summed E-state index contributed by atoms with van der Waals surface area (Å²) in [6.45, 7) is 4.35. The molecule has 3 rings (SSSR count). The van der Waals surface area contributed by atoms with Crippen LogP contribution in [0.5, 0.6) is 5.75 Å². The van der Waals surface area contributed by atoms with E-state index in [0.29, 0.717) is 22.5 Å². The number of H-pyrrole nitrogens is 1. The topological polar surface area (TPSA) is 52.7 Å². The van der Waals surface area contributed by atoms with Gasteiger partial charge >= 0.3 is 0 Å². The van der Waals surface area contributed by atoms with Gasteiger partial charge in [0.25, 0.3) is 0 Å². The summed E-state index contributed by atoms with van der Waals surface area (Å²) in [7, 11) is 0. The van der Waals surface area contributed by atoms with Crippen molar-refractivity contribution in [1.82, 2.24) is 5.10 Å². The molecule has 24 heavy (non-hydrogen) atoms. The molecule has 0 bridgehead atoms. The lowest BCUT2D eigenvalue weighted by Crippen LogP contribution is -2.37. The Morgan fingerprint density at radius 1 is 1.25 bits per heavy atom. The van der Waals surface area contributed by atoms with Crippen molar-refractivity contribution in [3.05, 3.63) is 46.7 Å². The van der Waals surface area contributed by atoms with Crippen molar-refractivity contribution < 1.29 is 9.42 Å². The number of rotatable bonds is 4. The smallest absolute Gasteiger partial charge is 0.195 e. The highest BCUT2D eigenvalue weighted by Gasteiger charge is 2.26. The Kier molecular flexibility index (Phi) is 5.11. The van der Waals surface area contributed by atoms with Gasteiger partial charge in [-0.2, -0.15) is 10.4 Å². The Morgan fingerprint density at radius 3 is 2.58 bits per heavy atom. The van der Waals surface area contributed by atoms with Crippen LogP contribution < -0.4 is 9.42 Å². The number of halogens is 1. The van der Waals surface area contributed by atoms with E-state index in [1.165, 1.54) is 5.69 Å². The van der Waals surface area contributed by atoms with Crippen LogP contribution in [-0.2, 0) is 0 Å². The number of benzene rings is 1. The molecular formula is C19H23ClN3O+. The number of hydrogen-bond donors (Lipinski definition) is 1. The van der Waals surface area contributed by atoms with E-state index in [9.17, 15) is 0 Å². The van der Waals surface area contributed by atoms with Crippen molar-refractivity contribution in [2.75, 3.05) is 0 Å². The molecule has 1 fully saturated rings. The summed E-state index contributed by atoms with van der Waals surface area (Å²) < 4.78 is 8.20. The highest BCUT2D eigenvalue weighted by Crippen LogP contribution is 2.34. The molecule has 1 aliphatic carbocycles. The zero-order chi connectivity index (χ0) is 17.1. The van der Waals surface area contributed by atoms with Crippen LogP contribution >= 0.6 is 11.6 Å². The third-order valence-corrected chi connectivity index (χ3v) is 5.02. The van der Waals surface area contributed by atoms with Gasteiger partial charge in [-0.1, -0.05) is 11.6 Å². The fraction of sp³-hybridized carbons (Fsp3) is 0.474. The monoisotopic (exact) mass is 344 g/mol. The van der Waals surface area contributed by atoms with E-state index in [2.05, 4.69) is 42.0 Å². The predicted molar refractivity (Wildman–Crippen MR) is 93.2 cm³/mol. The molecule has 1 saturated carbocycles. The van der Waals surface area contributed by atoms with Crippen molar-refractivity contribution in [2.24, 2.45) is 0 Å². The minimum atomic E-state index is 0.220. The van der Waals surface area contributed by atoms with Crippen LogP contribution in [0.25, 0.3) is 0 Å². The van der Waals surface area contributed by atoms with Gasteiger partial charge in [-0.25, -0.2) is 0 Å². The minimum absolute atomic E-state index is 0.220. The number of nitrogens with zero attached hydrogens (tertiary/aromatic N) is 2. The summed E-state index contributed by atoms with van der Waals surface area (Å²) in [5, 5.41) is 12.9. The number of nitriles is 1. The van der Waals surface area contributed by atoms with Crippen molar-refractivity contribution in [3.63, 3.8) is 0 Å². The molecule has 2 aromatic rings. The SMILES string of the molecule is CC(C)[n+]1ccc(C2CCC(Oc3ccc(C#N)c(Cl)c3)CC2)[nH]1. The fourth-order valence-electron chi connectivity index (χ4n) is 3.26. The van der Waals surface area contributed by atoms with Gasteiger partial charge < -0.3 is 4.74 Å². The molecule has 1 aromatic carbocycles. The summed E-state index contributed by atoms with van der Waals surface area (Å²) in [5.41, 5.74) is 1.81. The van der Waals surface area contributed by atoms with E-state index >= 15 is 0 Å². The number of aromatic amines is 1. The maximum atomic E-state index is 8.92. The largest absolute Gasteiger partial charge is 0.490 e. The average molecular weight is 345 g/mol. The van der Waals surface area contributed by atoms with Crippen LogP contribution in [0.3, 0.4) is 0 Å². The average Bonchev–Trinajstić information content (AvgIpc) is 3.06. The summed E-state index contributed by atoms with van der Waals surface area (Å²) in [5.74, 6) is 1.33. The van der Waals surface area contributed by atoms with Crippen molar-refractivity contribution in [3.8, 4) is 11.8 Å². The first-order chi connectivity index (χ1) is 11.6. The van der Waals surface area contributed by atoms with Gasteiger partial charge in [0.1, 0.15) is 11.8 Å². The van der Waals surface area contributed by atoms with Gasteiger partial charge in [0.05, 0.1) is 22.4 Å². The summed E-state index contributed by atoms with van der Waals surface area (Å²) >= 11 is 6.07. The summed E-state index contributed by atoms with van der Waals surface area (Å²) in [6.07, 6.45) is 6.64. The van der Waals surface area contributed by atoms with Crippen LogP contribution in [-0.4, -0.2) is 11.2 Å². The van der Waals surface area contributed by atoms with Gasteiger partial charge in [-0.05, 0) is 51.7 Å². The highest BCUT2D eigenvalue weighted by atomic mass is 35.5. The zero-order valence-corrected chi connectivity index (χ0v) is 14.9. The third-order valence-electron chi connectivity index (χ3n) is 4.71. The second-order valence-electron chi connectivity index (χ2n) is 6.73. The van der Waals surface area contributed by atoms with Gasteiger partial charge in [-0.3, -0.25) is 0 Å². The third kappa shape index (κ3) is 3.73. The van der Waals surface area contributed by atoms with Crippen molar-refractivity contribution >= 4 is 11.6 Å². The highest BCUT2D eigenvalue weighted by molar-refractivity contribution is 6.31. The normalized spacial score (nSPS) is 20.8. The lowest BCUT2D eigenvalue weighted by Gasteiger charge is -2.28. The number of hydrogen-bond acceptors (Lipinski definition) is 2. The van der Waals surface area contributed by atoms with E-state index in [1.807, 2.05) is 6.07 Å². The minimum Gasteiger partial charge on any atom is -0.490 e. The van der Waals surface area contributed by atoms with Crippen LogP contribution in [0.4, 0.5) is 0 Å². The molecule has 5 heteroatoms. The zero-order valence-electron chi connectivity index (χ0n) is 14.1. The Bertz CT molecular complexity index is 739. The van der Waals surface area contributed by atoms with Crippen molar-refractivity contribution in [1.29, 1.82) is 5.26 Å². The van der Waals surface area contributed by atoms with Gasteiger partial charge in [0.2, 0.25) is 0 Å². The fourth-order valence-corrected chi connectivity index (χ4v) is 3.47. The van der Waals surface area contributed by atoms with E-state index < -0.39 is 0 Å². The molecule has 0 saturated heterocycles. The first kappa shape index (κ1) is 16.9. The van der Waals surface area contributed by atoms with E-state index in [1.54, 1.807) is 12.1 Å².